The lowest BCUT2D eigenvalue weighted by molar-refractivity contribution is -0.121. The molecule has 0 aliphatic rings. The molecule has 2 N–H and O–H groups in total. The van der Waals surface area contributed by atoms with Crippen molar-refractivity contribution < 1.29 is 9.53 Å². The maximum absolute atomic E-state index is 11.8. The van der Waals surface area contributed by atoms with Gasteiger partial charge in [0.2, 0.25) is 0 Å². The van der Waals surface area contributed by atoms with E-state index < -0.39 is 0 Å². The summed E-state index contributed by atoms with van der Waals surface area (Å²) in [6.45, 7) is 2.49. The normalized spacial score (nSPS) is 12.2. The zero-order chi connectivity index (χ0) is 12.0. The van der Waals surface area contributed by atoms with Crippen LogP contribution in [0.1, 0.15) is 18.9 Å². The Morgan fingerprint density at radius 1 is 1.50 bits per heavy atom. The summed E-state index contributed by atoms with van der Waals surface area (Å²) in [5, 5.41) is 0. The predicted octanol–water partition coefficient (Wildman–Crippen LogP) is 1.79. The number of hydrogen-bond acceptors (Lipinski definition) is 3. The summed E-state index contributed by atoms with van der Waals surface area (Å²) in [6.07, 6.45) is 1.21. The number of ketones is 1. The summed E-state index contributed by atoms with van der Waals surface area (Å²) < 4.78 is 5.11. The number of benzene rings is 1. The van der Waals surface area contributed by atoms with Gasteiger partial charge in [-0.15, -0.1) is 0 Å². The molecule has 0 spiro atoms. The topological polar surface area (TPSA) is 52.3 Å². The molecule has 3 nitrogen and oxygen atoms in total. The number of rotatable bonds is 6. The van der Waals surface area contributed by atoms with Crippen LogP contribution in [0.3, 0.4) is 0 Å². The predicted molar refractivity (Wildman–Crippen MR) is 64.5 cm³/mol. The van der Waals surface area contributed by atoms with E-state index in [0.717, 1.165) is 17.7 Å². The lowest BCUT2D eigenvalue weighted by Gasteiger charge is -2.09. The third kappa shape index (κ3) is 3.66. The van der Waals surface area contributed by atoms with Crippen molar-refractivity contribution in [3.8, 4) is 5.75 Å². The maximum atomic E-state index is 11.8. The van der Waals surface area contributed by atoms with Gasteiger partial charge in [0.1, 0.15) is 11.5 Å². The summed E-state index contributed by atoms with van der Waals surface area (Å²) in [5.74, 6) is 1.06. The third-order valence-electron chi connectivity index (χ3n) is 2.66. The number of carbonyl (C=O) groups excluding carboxylic acids is 1. The molecule has 0 bridgehead atoms. The fourth-order valence-electron chi connectivity index (χ4n) is 1.57. The average molecular weight is 221 g/mol. The van der Waals surface area contributed by atoms with Gasteiger partial charge in [-0.25, -0.2) is 0 Å². The monoisotopic (exact) mass is 221 g/mol. The van der Waals surface area contributed by atoms with Crippen molar-refractivity contribution in [2.24, 2.45) is 11.7 Å². The lowest BCUT2D eigenvalue weighted by atomic mass is 9.97. The number of carbonyl (C=O) groups is 1. The minimum absolute atomic E-state index is 0.0381. The van der Waals surface area contributed by atoms with Crippen molar-refractivity contribution >= 4 is 5.78 Å². The summed E-state index contributed by atoms with van der Waals surface area (Å²) >= 11 is 0. The van der Waals surface area contributed by atoms with Crippen LogP contribution in [0, 0.1) is 5.92 Å². The molecular formula is C13H19NO2. The summed E-state index contributed by atoms with van der Waals surface area (Å²) in [7, 11) is 1.62. The Kier molecular flexibility index (Phi) is 4.99. The number of ether oxygens (including phenoxy) is 1. The fourth-order valence-corrected chi connectivity index (χ4v) is 1.57. The molecule has 0 fully saturated rings. The molecule has 3 heteroatoms. The second-order valence-corrected chi connectivity index (χ2v) is 3.97. The number of nitrogens with two attached hydrogens (primary N) is 1. The molecule has 0 saturated heterocycles. The standard InChI is InChI=1S/C13H19NO2/c1-10(6-7-14)13(15)9-11-4-3-5-12(8-11)16-2/h3-5,8,10H,6-7,9,14H2,1-2H3. The number of methoxy groups -OCH3 is 1. The van der Waals surface area contributed by atoms with Crippen LogP contribution >= 0.6 is 0 Å². The Balaban J connectivity index is 2.61. The zero-order valence-corrected chi connectivity index (χ0v) is 9.90. The molecule has 0 heterocycles. The highest BCUT2D eigenvalue weighted by Gasteiger charge is 2.12. The highest BCUT2D eigenvalue weighted by atomic mass is 16.5. The maximum Gasteiger partial charge on any atom is 0.140 e. The Hall–Kier alpha value is -1.35. The van der Waals surface area contributed by atoms with E-state index in [2.05, 4.69) is 0 Å². The molecule has 88 valence electrons. The van der Waals surface area contributed by atoms with E-state index in [0.29, 0.717) is 13.0 Å². The van der Waals surface area contributed by atoms with Crippen LogP contribution in [-0.4, -0.2) is 19.4 Å². The van der Waals surface area contributed by atoms with E-state index in [1.807, 2.05) is 31.2 Å². The highest BCUT2D eigenvalue weighted by Crippen LogP contribution is 2.15. The Morgan fingerprint density at radius 2 is 2.25 bits per heavy atom. The van der Waals surface area contributed by atoms with Gasteiger partial charge < -0.3 is 10.5 Å². The highest BCUT2D eigenvalue weighted by molar-refractivity contribution is 5.83. The van der Waals surface area contributed by atoms with Crippen molar-refractivity contribution in [2.45, 2.75) is 19.8 Å². The van der Waals surface area contributed by atoms with Gasteiger partial charge in [0.15, 0.2) is 0 Å². The van der Waals surface area contributed by atoms with Gasteiger partial charge in [0.05, 0.1) is 7.11 Å². The van der Waals surface area contributed by atoms with Crippen LogP contribution < -0.4 is 10.5 Å². The molecule has 0 aliphatic heterocycles. The fraction of sp³-hybridized carbons (Fsp3) is 0.462. The van der Waals surface area contributed by atoms with Gasteiger partial charge in [-0.1, -0.05) is 19.1 Å². The van der Waals surface area contributed by atoms with Crippen LogP contribution in [0.25, 0.3) is 0 Å². The largest absolute Gasteiger partial charge is 0.497 e. The summed E-state index contributed by atoms with van der Waals surface area (Å²) in [6, 6.07) is 7.61. The Labute approximate surface area is 96.6 Å². The van der Waals surface area contributed by atoms with Gasteiger partial charge >= 0.3 is 0 Å². The summed E-state index contributed by atoms with van der Waals surface area (Å²) in [4.78, 5) is 11.8. The second-order valence-electron chi connectivity index (χ2n) is 3.97. The first kappa shape index (κ1) is 12.7. The van der Waals surface area contributed by atoms with Gasteiger partial charge in [0, 0.05) is 12.3 Å². The van der Waals surface area contributed by atoms with Crippen molar-refractivity contribution in [3.05, 3.63) is 29.8 Å². The number of hydrogen-bond donors (Lipinski definition) is 1. The second kappa shape index (κ2) is 6.28. The van der Waals surface area contributed by atoms with Crippen LogP contribution in [0.2, 0.25) is 0 Å². The van der Waals surface area contributed by atoms with E-state index in [1.54, 1.807) is 7.11 Å². The smallest absolute Gasteiger partial charge is 0.140 e. The molecule has 1 atom stereocenters. The van der Waals surface area contributed by atoms with E-state index >= 15 is 0 Å². The van der Waals surface area contributed by atoms with E-state index in [1.165, 1.54) is 0 Å². The SMILES string of the molecule is COc1cccc(CC(=O)C(C)CCN)c1. The van der Waals surface area contributed by atoms with Crippen LogP contribution in [-0.2, 0) is 11.2 Å². The van der Waals surface area contributed by atoms with Gasteiger partial charge in [-0.2, -0.15) is 0 Å². The molecule has 0 saturated carbocycles. The van der Waals surface area contributed by atoms with Crippen molar-refractivity contribution in [2.75, 3.05) is 13.7 Å². The molecule has 0 aromatic heterocycles. The van der Waals surface area contributed by atoms with Crippen LogP contribution in [0.4, 0.5) is 0 Å². The van der Waals surface area contributed by atoms with E-state index in [4.69, 9.17) is 10.5 Å². The molecule has 1 unspecified atom stereocenters. The third-order valence-corrected chi connectivity index (χ3v) is 2.66. The average Bonchev–Trinajstić information content (AvgIpc) is 2.29. The lowest BCUT2D eigenvalue weighted by Crippen LogP contribution is -2.17. The Bertz CT molecular complexity index is 350. The van der Waals surface area contributed by atoms with E-state index in [9.17, 15) is 4.79 Å². The first-order valence-corrected chi connectivity index (χ1v) is 5.53. The molecule has 1 rings (SSSR count). The number of Topliss-reactive ketones (excluding diaryl/α,β-unsaturated/α-hetero) is 1. The van der Waals surface area contributed by atoms with Crippen LogP contribution in [0.5, 0.6) is 5.75 Å². The summed E-state index contributed by atoms with van der Waals surface area (Å²) in [5.41, 5.74) is 6.43. The van der Waals surface area contributed by atoms with Crippen LogP contribution in [0.15, 0.2) is 24.3 Å². The molecule has 0 aliphatic carbocycles. The van der Waals surface area contributed by atoms with Gasteiger partial charge in [-0.3, -0.25) is 4.79 Å². The molecular weight excluding hydrogens is 202 g/mol. The van der Waals surface area contributed by atoms with Crippen molar-refractivity contribution in [1.29, 1.82) is 0 Å². The molecule has 0 radical (unpaired) electrons. The van der Waals surface area contributed by atoms with Crippen molar-refractivity contribution in [1.82, 2.24) is 0 Å². The van der Waals surface area contributed by atoms with Gasteiger partial charge in [0.25, 0.3) is 0 Å². The van der Waals surface area contributed by atoms with Crippen molar-refractivity contribution in [3.63, 3.8) is 0 Å². The quantitative estimate of drug-likeness (QED) is 0.796. The molecule has 1 aromatic carbocycles. The molecule has 1 aromatic rings. The molecule has 0 amide bonds. The van der Waals surface area contributed by atoms with Gasteiger partial charge in [-0.05, 0) is 30.7 Å². The minimum atomic E-state index is 0.0381. The first-order valence-electron chi connectivity index (χ1n) is 5.53. The molecule has 16 heavy (non-hydrogen) atoms. The van der Waals surface area contributed by atoms with E-state index in [-0.39, 0.29) is 11.7 Å². The minimum Gasteiger partial charge on any atom is -0.497 e. The first-order chi connectivity index (χ1) is 7.67. The zero-order valence-electron chi connectivity index (χ0n) is 9.90. The Morgan fingerprint density at radius 3 is 2.88 bits per heavy atom.